The summed E-state index contributed by atoms with van der Waals surface area (Å²) in [6.45, 7) is 3.51. The predicted octanol–water partition coefficient (Wildman–Crippen LogP) is 3.76. The van der Waals surface area contributed by atoms with E-state index < -0.39 is 0 Å². The first-order valence-corrected chi connectivity index (χ1v) is 7.02. The van der Waals surface area contributed by atoms with Crippen LogP contribution >= 0.6 is 0 Å². The van der Waals surface area contributed by atoms with E-state index in [1.807, 2.05) is 25.1 Å². The summed E-state index contributed by atoms with van der Waals surface area (Å²) in [5.74, 6) is 0.822. The first-order chi connectivity index (χ1) is 9.28. The van der Waals surface area contributed by atoms with E-state index in [1.165, 1.54) is 11.1 Å². The van der Waals surface area contributed by atoms with E-state index in [0.717, 1.165) is 32.2 Å². The lowest BCUT2D eigenvalue weighted by Crippen LogP contribution is -2.20. The number of hydrogen-bond acceptors (Lipinski definition) is 2. The summed E-state index contributed by atoms with van der Waals surface area (Å²) in [5.41, 5.74) is 2.72. The number of rotatable bonds is 7. The van der Waals surface area contributed by atoms with E-state index in [4.69, 9.17) is 4.74 Å². The fourth-order valence-corrected chi connectivity index (χ4v) is 2.29. The van der Waals surface area contributed by atoms with Gasteiger partial charge in [0.05, 0.1) is 13.2 Å². The average Bonchev–Trinajstić information content (AvgIpc) is 2.41. The lowest BCUT2D eigenvalue weighted by Gasteiger charge is -2.29. The van der Waals surface area contributed by atoms with E-state index in [1.54, 1.807) is 0 Å². The SMILES string of the molecule is CC(C=O)CC=C1CC(COCc2ccccc2)C1. The Hall–Kier alpha value is -1.41. The van der Waals surface area contributed by atoms with E-state index >= 15 is 0 Å². The minimum atomic E-state index is 0.154. The third-order valence-corrected chi connectivity index (χ3v) is 3.58. The summed E-state index contributed by atoms with van der Waals surface area (Å²) in [7, 11) is 0. The van der Waals surface area contributed by atoms with Crippen molar-refractivity contribution in [2.45, 2.75) is 32.8 Å². The van der Waals surface area contributed by atoms with Gasteiger partial charge in [0, 0.05) is 5.92 Å². The van der Waals surface area contributed by atoms with E-state index in [0.29, 0.717) is 12.5 Å². The summed E-state index contributed by atoms with van der Waals surface area (Å²) in [5, 5.41) is 0. The second-order valence-electron chi connectivity index (χ2n) is 5.49. The number of benzene rings is 1. The third-order valence-electron chi connectivity index (χ3n) is 3.58. The van der Waals surface area contributed by atoms with Crippen molar-refractivity contribution in [1.29, 1.82) is 0 Å². The van der Waals surface area contributed by atoms with Crippen LogP contribution in [0.25, 0.3) is 0 Å². The van der Waals surface area contributed by atoms with Gasteiger partial charge < -0.3 is 9.53 Å². The zero-order chi connectivity index (χ0) is 13.5. The maximum absolute atomic E-state index is 10.5. The summed E-state index contributed by atoms with van der Waals surface area (Å²) in [6.07, 6.45) is 6.42. The fourth-order valence-electron chi connectivity index (χ4n) is 2.29. The molecular formula is C17H22O2. The molecule has 1 unspecified atom stereocenters. The van der Waals surface area contributed by atoms with Crippen molar-refractivity contribution >= 4 is 6.29 Å². The summed E-state index contributed by atoms with van der Waals surface area (Å²) < 4.78 is 5.74. The number of carbonyl (C=O) groups excluding carboxylic acids is 1. The molecule has 102 valence electrons. The number of hydrogen-bond donors (Lipinski definition) is 0. The van der Waals surface area contributed by atoms with E-state index in [2.05, 4.69) is 18.2 Å². The molecule has 0 spiro atoms. The topological polar surface area (TPSA) is 26.3 Å². The van der Waals surface area contributed by atoms with Crippen molar-refractivity contribution in [2.75, 3.05) is 6.61 Å². The number of carbonyl (C=O) groups is 1. The number of aldehydes is 1. The van der Waals surface area contributed by atoms with Gasteiger partial charge in [0.1, 0.15) is 6.29 Å². The highest BCUT2D eigenvalue weighted by molar-refractivity contribution is 5.53. The molecule has 1 aliphatic rings. The summed E-state index contributed by atoms with van der Waals surface area (Å²) >= 11 is 0. The molecule has 2 nitrogen and oxygen atoms in total. The Morgan fingerprint density at radius 2 is 2.05 bits per heavy atom. The molecule has 0 radical (unpaired) electrons. The van der Waals surface area contributed by atoms with Crippen LogP contribution in [0, 0.1) is 11.8 Å². The molecule has 0 N–H and O–H groups in total. The van der Waals surface area contributed by atoms with Crippen LogP contribution in [-0.2, 0) is 16.1 Å². The molecule has 1 aliphatic carbocycles. The molecule has 1 aromatic rings. The molecule has 1 atom stereocenters. The highest BCUT2D eigenvalue weighted by atomic mass is 16.5. The van der Waals surface area contributed by atoms with Gasteiger partial charge in [-0.1, -0.05) is 48.9 Å². The molecule has 1 aromatic carbocycles. The quantitative estimate of drug-likeness (QED) is 0.550. The highest BCUT2D eigenvalue weighted by Crippen LogP contribution is 2.33. The van der Waals surface area contributed by atoms with Crippen LogP contribution in [0.15, 0.2) is 42.0 Å². The average molecular weight is 258 g/mol. The molecule has 0 aliphatic heterocycles. The molecule has 0 heterocycles. The molecule has 2 heteroatoms. The molecule has 0 saturated heterocycles. The van der Waals surface area contributed by atoms with Gasteiger partial charge in [-0.25, -0.2) is 0 Å². The number of ether oxygens (including phenoxy) is 1. The van der Waals surface area contributed by atoms with Crippen LogP contribution in [0.1, 0.15) is 31.7 Å². The molecule has 0 amide bonds. The van der Waals surface area contributed by atoms with Crippen molar-refractivity contribution in [3.8, 4) is 0 Å². The summed E-state index contributed by atoms with van der Waals surface area (Å²) in [4.78, 5) is 10.5. The van der Waals surface area contributed by atoms with Gasteiger partial charge in [0.2, 0.25) is 0 Å². The lowest BCUT2D eigenvalue weighted by molar-refractivity contribution is -0.110. The van der Waals surface area contributed by atoms with Crippen molar-refractivity contribution in [2.24, 2.45) is 11.8 Å². The zero-order valence-electron chi connectivity index (χ0n) is 11.5. The monoisotopic (exact) mass is 258 g/mol. The second kappa shape index (κ2) is 7.25. The fraction of sp³-hybridized carbons (Fsp3) is 0.471. The van der Waals surface area contributed by atoms with Gasteiger partial charge in [-0.2, -0.15) is 0 Å². The number of allylic oxidation sites excluding steroid dienone is 2. The van der Waals surface area contributed by atoms with Crippen LogP contribution in [0.3, 0.4) is 0 Å². The molecule has 0 aromatic heterocycles. The maximum Gasteiger partial charge on any atom is 0.123 e. The van der Waals surface area contributed by atoms with Gasteiger partial charge >= 0.3 is 0 Å². The van der Waals surface area contributed by atoms with Gasteiger partial charge in [-0.3, -0.25) is 0 Å². The van der Waals surface area contributed by atoms with Crippen LogP contribution < -0.4 is 0 Å². The molecular weight excluding hydrogens is 236 g/mol. The molecule has 19 heavy (non-hydrogen) atoms. The van der Waals surface area contributed by atoms with Gasteiger partial charge in [-0.15, -0.1) is 0 Å². The first-order valence-electron chi connectivity index (χ1n) is 7.02. The predicted molar refractivity (Wildman–Crippen MR) is 76.8 cm³/mol. The zero-order valence-corrected chi connectivity index (χ0v) is 11.5. The third kappa shape index (κ3) is 4.64. The van der Waals surface area contributed by atoms with Crippen molar-refractivity contribution < 1.29 is 9.53 Å². The van der Waals surface area contributed by atoms with Crippen LogP contribution in [0.5, 0.6) is 0 Å². The van der Waals surface area contributed by atoms with Gasteiger partial charge in [0.15, 0.2) is 0 Å². The van der Waals surface area contributed by atoms with Crippen molar-refractivity contribution in [1.82, 2.24) is 0 Å². The normalized spacial score (nSPS) is 19.6. The Balaban J connectivity index is 1.59. The van der Waals surface area contributed by atoms with Crippen molar-refractivity contribution in [3.05, 3.63) is 47.5 Å². The minimum Gasteiger partial charge on any atom is -0.376 e. The van der Waals surface area contributed by atoms with Crippen LogP contribution in [0.4, 0.5) is 0 Å². The van der Waals surface area contributed by atoms with E-state index in [-0.39, 0.29) is 5.92 Å². The molecule has 1 saturated carbocycles. The van der Waals surface area contributed by atoms with Crippen LogP contribution in [-0.4, -0.2) is 12.9 Å². The Bertz CT molecular complexity index is 414. The maximum atomic E-state index is 10.5. The standard InChI is InChI=1S/C17H22O2/c1-14(11-18)7-8-16-9-17(10-16)13-19-12-15-5-3-2-4-6-15/h2-6,8,11,14,17H,7,9-10,12-13H2,1H3. The Morgan fingerprint density at radius 1 is 1.32 bits per heavy atom. The largest absolute Gasteiger partial charge is 0.376 e. The molecule has 0 bridgehead atoms. The smallest absolute Gasteiger partial charge is 0.123 e. The molecule has 2 rings (SSSR count). The molecule has 1 fully saturated rings. The highest BCUT2D eigenvalue weighted by Gasteiger charge is 2.22. The Morgan fingerprint density at radius 3 is 2.74 bits per heavy atom. The summed E-state index contributed by atoms with van der Waals surface area (Å²) in [6, 6.07) is 10.3. The van der Waals surface area contributed by atoms with Crippen molar-refractivity contribution in [3.63, 3.8) is 0 Å². The minimum absolute atomic E-state index is 0.154. The second-order valence-corrected chi connectivity index (χ2v) is 5.49. The lowest BCUT2D eigenvalue weighted by atomic mass is 9.80. The van der Waals surface area contributed by atoms with E-state index in [9.17, 15) is 4.79 Å². The Kier molecular flexibility index (Phi) is 5.34. The first kappa shape index (κ1) is 14.0. The Labute approximate surface area is 115 Å². The van der Waals surface area contributed by atoms with Gasteiger partial charge in [0.25, 0.3) is 0 Å². The van der Waals surface area contributed by atoms with Crippen LogP contribution in [0.2, 0.25) is 0 Å². The van der Waals surface area contributed by atoms with Gasteiger partial charge in [-0.05, 0) is 30.7 Å².